The molecule has 0 saturated heterocycles. The number of hydrogen-bond acceptors (Lipinski definition) is 3. The molecule has 0 saturated carbocycles. The van der Waals surface area contributed by atoms with E-state index in [1.54, 1.807) is 12.1 Å². The Morgan fingerprint density at radius 2 is 1.77 bits per heavy atom. The van der Waals surface area contributed by atoms with Crippen LogP contribution in [0.15, 0.2) is 35.5 Å². The van der Waals surface area contributed by atoms with Crippen LogP contribution in [0.5, 0.6) is 0 Å². The van der Waals surface area contributed by atoms with Crippen molar-refractivity contribution in [3.63, 3.8) is 0 Å². The van der Waals surface area contributed by atoms with Crippen LogP contribution in [0.3, 0.4) is 0 Å². The molecule has 1 unspecified atom stereocenters. The quantitative estimate of drug-likeness (QED) is 0.494. The van der Waals surface area contributed by atoms with Crippen LogP contribution in [0.4, 0.5) is 5.69 Å². The summed E-state index contributed by atoms with van der Waals surface area (Å²) in [4.78, 5) is 10.4. The summed E-state index contributed by atoms with van der Waals surface area (Å²) in [5, 5.41) is 18.1. The number of nitro groups is 1. The highest BCUT2D eigenvalue weighted by Gasteiger charge is 2.26. The molecule has 1 aliphatic carbocycles. The standard InChI is InChI=1S/C16H19N3O2S/c20-19(21)12-9-7-11(8-10-12)15-13-5-3-1-2-4-6-14(13)17-16(22)18-15/h7-10,15H,1-6H2,(H2,17,18,22). The van der Waals surface area contributed by atoms with Gasteiger partial charge >= 0.3 is 0 Å². The van der Waals surface area contributed by atoms with E-state index in [1.165, 1.54) is 37.0 Å². The van der Waals surface area contributed by atoms with Gasteiger partial charge in [-0.15, -0.1) is 0 Å². The van der Waals surface area contributed by atoms with Gasteiger partial charge in [0.25, 0.3) is 5.69 Å². The molecule has 0 spiro atoms. The second-order valence-electron chi connectivity index (χ2n) is 5.80. The molecular weight excluding hydrogens is 298 g/mol. The number of non-ortho nitro benzene ring substituents is 1. The van der Waals surface area contributed by atoms with Gasteiger partial charge in [0.2, 0.25) is 0 Å². The summed E-state index contributed by atoms with van der Waals surface area (Å²) < 4.78 is 0. The number of nitro benzene ring substituents is 1. The smallest absolute Gasteiger partial charge is 0.269 e. The Hall–Kier alpha value is -1.95. The van der Waals surface area contributed by atoms with Gasteiger partial charge in [0.15, 0.2) is 5.11 Å². The van der Waals surface area contributed by atoms with Crippen molar-refractivity contribution in [2.24, 2.45) is 0 Å². The predicted octanol–water partition coefficient (Wildman–Crippen LogP) is 3.72. The first-order chi connectivity index (χ1) is 10.6. The molecule has 1 atom stereocenters. The van der Waals surface area contributed by atoms with Gasteiger partial charge in [0.05, 0.1) is 11.0 Å². The maximum Gasteiger partial charge on any atom is 0.269 e. The number of allylic oxidation sites excluding steroid dienone is 1. The zero-order valence-corrected chi connectivity index (χ0v) is 13.1. The zero-order valence-electron chi connectivity index (χ0n) is 12.3. The van der Waals surface area contributed by atoms with Crippen LogP contribution in [0.1, 0.15) is 50.1 Å². The van der Waals surface area contributed by atoms with Gasteiger partial charge in [-0.3, -0.25) is 10.1 Å². The van der Waals surface area contributed by atoms with Crippen LogP contribution in [0.2, 0.25) is 0 Å². The Kier molecular flexibility index (Phi) is 4.38. The average molecular weight is 317 g/mol. The lowest BCUT2D eigenvalue weighted by atomic mass is 9.88. The molecule has 1 aromatic carbocycles. The Labute approximate surface area is 134 Å². The summed E-state index contributed by atoms with van der Waals surface area (Å²) in [7, 11) is 0. The number of rotatable bonds is 2. The maximum absolute atomic E-state index is 10.8. The number of benzene rings is 1. The molecule has 0 aromatic heterocycles. The van der Waals surface area contributed by atoms with E-state index < -0.39 is 0 Å². The van der Waals surface area contributed by atoms with Crippen molar-refractivity contribution >= 4 is 23.0 Å². The van der Waals surface area contributed by atoms with E-state index in [4.69, 9.17) is 12.2 Å². The first-order valence-corrected chi connectivity index (χ1v) is 8.10. The highest BCUT2D eigenvalue weighted by molar-refractivity contribution is 7.80. The molecule has 3 rings (SSSR count). The Balaban J connectivity index is 1.94. The molecule has 1 aliphatic heterocycles. The third-order valence-electron chi connectivity index (χ3n) is 4.34. The molecule has 22 heavy (non-hydrogen) atoms. The first kappa shape index (κ1) is 15.0. The summed E-state index contributed by atoms with van der Waals surface area (Å²) in [5.41, 5.74) is 3.74. The van der Waals surface area contributed by atoms with Gasteiger partial charge in [-0.1, -0.05) is 12.8 Å². The summed E-state index contributed by atoms with van der Waals surface area (Å²) in [6.45, 7) is 0. The predicted molar refractivity (Wildman–Crippen MR) is 89.4 cm³/mol. The third kappa shape index (κ3) is 3.11. The van der Waals surface area contributed by atoms with Gasteiger partial charge in [0, 0.05) is 17.8 Å². The zero-order chi connectivity index (χ0) is 15.5. The Morgan fingerprint density at radius 3 is 2.45 bits per heavy atom. The van der Waals surface area contributed by atoms with E-state index in [0.29, 0.717) is 5.11 Å². The number of nitrogens with zero attached hydrogens (tertiary/aromatic N) is 1. The summed E-state index contributed by atoms with van der Waals surface area (Å²) in [5.74, 6) is 0. The Bertz CT molecular complexity index is 625. The van der Waals surface area contributed by atoms with Crippen molar-refractivity contribution in [3.05, 3.63) is 51.2 Å². The van der Waals surface area contributed by atoms with E-state index in [2.05, 4.69) is 10.6 Å². The minimum atomic E-state index is -0.370. The van der Waals surface area contributed by atoms with Crippen LogP contribution in [0.25, 0.3) is 0 Å². The van der Waals surface area contributed by atoms with Crippen LogP contribution < -0.4 is 10.6 Å². The van der Waals surface area contributed by atoms with Crippen LogP contribution >= 0.6 is 12.2 Å². The van der Waals surface area contributed by atoms with E-state index in [9.17, 15) is 10.1 Å². The summed E-state index contributed by atoms with van der Waals surface area (Å²) in [6, 6.07) is 6.80. The number of nitrogens with one attached hydrogen (secondary N) is 2. The SMILES string of the molecule is O=[N+]([O-])c1ccc(C2NC(=S)NC3=C2CCCCCC3)cc1. The normalized spacial score (nSPS) is 22.0. The first-order valence-electron chi connectivity index (χ1n) is 7.69. The van der Waals surface area contributed by atoms with Crippen molar-refractivity contribution in [3.8, 4) is 0 Å². The third-order valence-corrected chi connectivity index (χ3v) is 4.56. The van der Waals surface area contributed by atoms with Crippen molar-refractivity contribution in [2.75, 3.05) is 0 Å². The van der Waals surface area contributed by atoms with Crippen molar-refractivity contribution < 1.29 is 4.92 Å². The highest BCUT2D eigenvalue weighted by atomic mass is 32.1. The highest BCUT2D eigenvalue weighted by Crippen LogP contribution is 2.34. The van der Waals surface area contributed by atoms with Gasteiger partial charge in [0.1, 0.15) is 0 Å². The molecule has 1 aromatic rings. The molecule has 0 radical (unpaired) electrons. The molecule has 0 fully saturated rings. The lowest BCUT2D eigenvalue weighted by Gasteiger charge is -2.33. The lowest BCUT2D eigenvalue weighted by Crippen LogP contribution is -2.44. The average Bonchev–Trinajstić information content (AvgIpc) is 2.48. The minimum Gasteiger partial charge on any atom is -0.352 e. The van der Waals surface area contributed by atoms with Crippen LogP contribution in [-0.4, -0.2) is 10.0 Å². The fraction of sp³-hybridized carbons (Fsp3) is 0.438. The van der Waals surface area contributed by atoms with E-state index >= 15 is 0 Å². The number of thiocarbonyl (C=S) groups is 1. The topological polar surface area (TPSA) is 67.2 Å². The van der Waals surface area contributed by atoms with Crippen molar-refractivity contribution in [1.29, 1.82) is 0 Å². The summed E-state index contributed by atoms with van der Waals surface area (Å²) >= 11 is 5.33. The van der Waals surface area contributed by atoms with E-state index in [0.717, 1.165) is 18.4 Å². The van der Waals surface area contributed by atoms with Crippen molar-refractivity contribution in [2.45, 2.75) is 44.6 Å². The molecule has 2 N–H and O–H groups in total. The van der Waals surface area contributed by atoms with Gasteiger partial charge in [-0.05, 0) is 61.2 Å². The molecule has 0 bridgehead atoms. The fourth-order valence-electron chi connectivity index (χ4n) is 3.21. The monoisotopic (exact) mass is 317 g/mol. The largest absolute Gasteiger partial charge is 0.352 e. The Morgan fingerprint density at radius 1 is 1.09 bits per heavy atom. The van der Waals surface area contributed by atoms with E-state index in [-0.39, 0.29) is 16.7 Å². The molecular formula is C16H19N3O2S. The molecule has 0 amide bonds. The van der Waals surface area contributed by atoms with Crippen molar-refractivity contribution in [1.82, 2.24) is 10.6 Å². The molecule has 6 heteroatoms. The van der Waals surface area contributed by atoms with Crippen LogP contribution in [0, 0.1) is 10.1 Å². The van der Waals surface area contributed by atoms with Gasteiger partial charge in [-0.2, -0.15) is 0 Å². The molecule has 116 valence electrons. The number of hydrogen-bond donors (Lipinski definition) is 2. The lowest BCUT2D eigenvalue weighted by molar-refractivity contribution is -0.384. The fourth-order valence-corrected chi connectivity index (χ4v) is 3.45. The minimum absolute atomic E-state index is 0.0302. The van der Waals surface area contributed by atoms with Crippen LogP contribution in [-0.2, 0) is 0 Å². The van der Waals surface area contributed by atoms with Gasteiger partial charge < -0.3 is 10.6 Å². The second kappa shape index (κ2) is 6.44. The summed E-state index contributed by atoms with van der Waals surface area (Å²) in [6.07, 6.45) is 6.95. The molecule has 2 aliphatic rings. The molecule has 1 heterocycles. The van der Waals surface area contributed by atoms with E-state index in [1.807, 2.05) is 12.1 Å². The van der Waals surface area contributed by atoms with Gasteiger partial charge in [-0.25, -0.2) is 0 Å². The second-order valence-corrected chi connectivity index (χ2v) is 6.21. The maximum atomic E-state index is 10.8. The molecule has 5 nitrogen and oxygen atoms in total.